The van der Waals surface area contributed by atoms with Crippen LogP contribution in [-0.4, -0.2) is 55.0 Å². The standard InChI is InChI=1S/C20H28ClFNO3/c1-23(2)11-9-18(10-12-23)26-19(24)20(25,15-5-8-17(22)13-15)14-3-6-16(21)7-4-14/h3-4,6-7,15,17-18,25H,5,8-13H2,1-2H3/q+1/t15-,17-,20+/m1/s1. The molecule has 3 atom stereocenters. The normalized spacial score (nSPS) is 28.5. The van der Waals surface area contributed by atoms with E-state index in [9.17, 15) is 14.3 Å². The molecule has 0 radical (unpaired) electrons. The molecule has 0 aromatic heterocycles. The van der Waals surface area contributed by atoms with Crippen molar-refractivity contribution in [1.82, 2.24) is 0 Å². The highest BCUT2D eigenvalue weighted by Crippen LogP contribution is 2.43. The van der Waals surface area contributed by atoms with Gasteiger partial charge in [0.05, 0.1) is 27.2 Å². The van der Waals surface area contributed by atoms with Gasteiger partial charge in [0.1, 0.15) is 12.3 Å². The molecule has 1 heterocycles. The number of rotatable bonds is 4. The van der Waals surface area contributed by atoms with Gasteiger partial charge in [-0.05, 0) is 37.0 Å². The minimum Gasteiger partial charge on any atom is -0.460 e. The number of halogens is 2. The maximum absolute atomic E-state index is 13.8. The fourth-order valence-electron chi connectivity index (χ4n) is 4.13. The molecule has 3 rings (SSSR count). The van der Waals surface area contributed by atoms with Crippen LogP contribution in [0.25, 0.3) is 0 Å². The summed E-state index contributed by atoms with van der Waals surface area (Å²) in [6.07, 6.45) is 1.35. The van der Waals surface area contributed by atoms with Crippen molar-refractivity contribution in [2.45, 2.75) is 50.0 Å². The van der Waals surface area contributed by atoms with E-state index >= 15 is 0 Å². The van der Waals surface area contributed by atoms with Gasteiger partial charge in [0.2, 0.25) is 0 Å². The number of aliphatic hydroxyl groups is 1. The summed E-state index contributed by atoms with van der Waals surface area (Å²) < 4.78 is 20.4. The molecule has 26 heavy (non-hydrogen) atoms. The first-order valence-corrected chi connectivity index (χ1v) is 9.74. The third kappa shape index (κ3) is 4.05. The zero-order valence-corrected chi connectivity index (χ0v) is 16.2. The molecule has 6 heteroatoms. The third-order valence-electron chi connectivity index (χ3n) is 5.94. The molecular weight excluding hydrogens is 357 g/mol. The van der Waals surface area contributed by atoms with Crippen LogP contribution >= 0.6 is 11.6 Å². The second kappa shape index (κ2) is 7.45. The zero-order valence-electron chi connectivity index (χ0n) is 15.5. The zero-order chi connectivity index (χ0) is 18.9. The Labute approximate surface area is 159 Å². The molecule has 1 saturated carbocycles. The molecule has 0 spiro atoms. The topological polar surface area (TPSA) is 46.5 Å². The van der Waals surface area contributed by atoms with Crippen LogP contribution in [0.1, 0.15) is 37.7 Å². The first-order chi connectivity index (χ1) is 12.2. The number of hydrogen-bond acceptors (Lipinski definition) is 3. The van der Waals surface area contributed by atoms with Crippen molar-refractivity contribution >= 4 is 17.6 Å². The van der Waals surface area contributed by atoms with Gasteiger partial charge in [0.15, 0.2) is 5.60 Å². The van der Waals surface area contributed by atoms with Gasteiger partial charge >= 0.3 is 5.97 Å². The number of hydrogen-bond donors (Lipinski definition) is 1. The number of carbonyl (C=O) groups excluding carboxylic acids is 1. The quantitative estimate of drug-likeness (QED) is 0.639. The van der Waals surface area contributed by atoms with Crippen molar-refractivity contribution in [3.8, 4) is 0 Å². The highest BCUT2D eigenvalue weighted by Gasteiger charge is 2.50. The second-order valence-corrected chi connectivity index (χ2v) is 8.80. The molecule has 4 nitrogen and oxygen atoms in total. The number of piperidine rings is 1. The lowest BCUT2D eigenvalue weighted by atomic mass is 9.80. The van der Waals surface area contributed by atoms with Gasteiger partial charge in [-0.25, -0.2) is 9.18 Å². The van der Waals surface area contributed by atoms with Gasteiger partial charge in [0.25, 0.3) is 0 Å². The van der Waals surface area contributed by atoms with E-state index in [-0.39, 0.29) is 12.5 Å². The van der Waals surface area contributed by atoms with Crippen molar-refractivity contribution in [3.05, 3.63) is 34.9 Å². The Kier molecular flexibility index (Phi) is 5.61. The minimum atomic E-state index is -1.83. The Balaban J connectivity index is 1.81. The smallest absolute Gasteiger partial charge is 0.343 e. The van der Waals surface area contributed by atoms with E-state index in [0.29, 0.717) is 23.4 Å². The number of carbonyl (C=O) groups is 1. The highest BCUT2D eigenvalue weighted by molar-refractivity contribution is 6.30. The minimum absolute atomic E-state index is 0.169. The number of ether oxygens (including phenoxy) is 1. The first kappa shape index (κ1) is 19.6. The molecule has 1 saturated heterocycles. The molecule has 0 unspecified atom stereocenters. The lowest BCUT2D eigenvalue weighted by Gasteiger charge is -2.38. The monoisotopic (exact) mass is 384 g/mol. The lowest BCUT2D eigenvalue weighted by Crippen LogP contribution is -2.50. The van der Waals surface area contributed by atoms with Crippen molar-refractivity contribution in [1.29, 1.82) is 0 Å². The summed E-state index contributed by atoms with van der Waals surface area (Å²) in [5.74, 6) is -1.14. The summed E-state index contributed by atoms with van der Waals surface area (Å²) in [6.45, 7) is 1.85. The van der Waals surface area contributed by atoms with E-state index < -0.39 is 23.7 Å². The van der Waals surface area contributed by atoms with Gasteiger partial charge in [0, 0.05) is 23.8 Å². The van der Waals surface area contributed by atoms with E-state index in [1.165, 1.54) is 0 Å². The number of alkyl halides is 1. The first-order valence-electron chi connectivity index (χ1n) is 9.36. The van der Waals surface area contributed by atoms with Crippen molar-refractivity contribution in [3.63, 3.8) is 0 Å². The Morgan fingerprint density at radius 3 is 2.35 bits per heavy atom. The molecule has 0 bridgehead atoms. The van der Waals surface area contributed by atoms with Crippen molar-refractivity contribution < 1.29 is 23.5 Å². The average Bonchev–Trinajstić information content (AvgIpc) is 3.03. The Bertz CT molecular complexity index is 641. The molecule has 2 fully saturated rings. The molecular formula is C20H28ClFNO3+. The van der Waals surface area contributed by atoms with Gasteiger partial charge < -0.3 is 14.3 Å². The van der Waals surface area contributed by atoms with Crippen molar-refractivity contribution in [2.24, 2.45) is 5.92 Å². The predicted molar refractivity (Wildman–Crippen MR) is 98.5 cm³/mol. The van der Waals surface area contributed by atoms with Crippen LogP contribution in [0.3, 0.4) is 0 Å². The van der Waals surface area contributed by atoms with Crippen molar-refractivity contribution in [2.75, 3.05) is 27.2 Å². The molecule has 1 aromatic rings. The number of likely N-dealkylation sites (tertiary alicyclic amines) is 1. The van der Waals surface area contributed by atoms with Crippen LogP contribution in [0.15, 0.2) is 24.3 Å². The van der Waals surface area contributed by atoms with Crippen LogP contribution < -0.4 is 0 Å². The summed E-state index contributed by atoms with van der Waals surface area (Å²) >= 11 is 5.95. The summed E-state index contributed by atoms with van der Waals surface area (Å²) in [5, 5.41) is 11.9. The third-order valence-corrected chi connectivity index (χ3v) is 6.19. The molecule has 1 N–H and O–H groups in total. The molecule has 0 amide bonds. The second-order valence-electron chi connectivity index (χ2n) is 8.37. The van der Waals surface area contributed by atoms with Crippen LogP contribution in [0.5, 0.6) is 0 Å². The fourth-order valence-corrected chi connectivity index (χ4v) is 4.26. The van der Waals surface area contributed by atoms with Gasteiger partial charge in [-0.3, -0.25) is 0 Å². The number of esters is 1. The Hall–Kier alpha value is -1.17. The Morgan fingerprint density at radius 2 is 1.81 bits per heavy atom. The van der Waals surface area contributed by atoms with E-state index in [1.807, 2.05) is 0 Å². The molecule has 144 valence electrons. The predicted octanol–water partition coefficient (Wildman–Crippen LogP) is 3.45. The van der Waals surface area contributed by atoms with E-state index in [0.717, 1.165) is 30.4 Å². The summed E-state index contributed by atoms with van der Waals surface area (Å²) in [7, 11) is 4.31. The molecule has 2 aliphatic rings. The maximum atomic E-state index is 13.8. The fraction of sp³-hybridized carbons (Fsp3) is 0.650. The summed E-state index contributed by atoms with van der Waals surface area (Å²) in [4.78, 5) is 13.0. The van der Waals surface area contributed by atoms with E-state index in [1.54, 1.807) is 24.3 Å². The van der Waals surface area contributed by atoms with E-state index in [4.69, 9.17) is 16.3 Å². The van der Waals surface area contributed by atoms with Gasteiger partial charge in [-0.15, -0.1) is 0 Å². The van der Waals surface area contributed by atoms with Gasteiger partial charge in [-0.1, -0.05) is 23.7 Å². The lowest BCUT2D eigenvalue weighted by molar-refractivity contribution is -0.896. The van der Waals surface area contributed by atoms with Crippen LogP contribution in [0, 0.1) is 5.92 Å². The van der Waals surface area contributed by atoms with Crippen LogP contribution in [-0.2, 0) is 15.1 Å². The number of nitrogens with zero attached hydrogens (tertiary/aromatic N) is 1. The molecule has 1 aliphatic heterocycles. The largest absolute Gasteiger partial charge is 0.460 e. The Morgan fingerprint density at radius 1 is 1.19 bits per heavy atom. The number of benzene rings is 1. The van der Waals surface area contributed by atoms with Crippen LogP contribution in [0.2, 0.25) is 5.02 Å². The van der Waals surface area contributed by atoms with Gasteiger partial charge in [-0.2, -0.15) is 0 Å². The summed E-state index contributed by atoms with van der Waals surface area (Å²) in [6, 6.07) is 6.54. The highest BCUT2D eigenvalue weighted by atomic mass is 35.5. The van der Waals surface area contributed by atoms with E-state index in [2.05, 4.69) is 14.1 Å². The molecule has 1 aliphatic carbocycles. The summed E-state index contributed by atoms with van der Waals surface area (Å²) in [5.41, 5.74) is -1.40. The average molecular weight is 385 g/mol. The van der Waals surface area contributed by atoms with Crippen LogP contribution in [0.4, 0.5) is 4.39 Å². The molecule has 1 aromatic carbocycles. The maximum Gasteiger partial charge on any atom is 0.343 e. The SMILES string of the molecule is C[N+]1(C)CCC(OC(=O)[C@](O)(c2ccc(Cl)cc2)[C@@H]2CC[C@@H](F)C2)CC1. The number of quaternary nitrogens is 1.